The second-order valence-electron chi connectivity index (χ2n) is 6.76. The minimum Gasteiger partial charge on any atom is -0.451 e. The van der Waals surface area contributed by atoms with Crippen LogP contribution in [0.5, 0.6) is 0 Å². The van der Waals surface area contributed by atoms with Crippen LogP contribution in [0.3, 0.4) is 0 Å². The third-order valence-electron chi connectivity index (χ3n) is 4.89. The van der Waals surface area contributed by atoms with Gasteiger partial charge in [0.05, 0.1) is 12.7 Å². The van der Waals surface area contributed by atoms with Crippen LogP contribution in [-0.4, -0.2) is 48.7 Å². The summed E-state index contributed by atoms with van der Waals surface area (Å²) in [5.74, 6) is 0.267. The molecule has 0 unspecified atom stereocenters. The summed E-state index contributed by atoms with van der Waals surface area (Å²) in [6, 6.07) is 8.35. The highest BCUT2D eigenvalue weighted by molar-refractivity contribution is 5.96. The van der Waals surface area contributed by atoms with Crippen molar-refractivity contribution in [2.75, 3.05) is 19.7 Å². The van der Waals surface area contributed by atoms with E-state index in [2.05, 4.69) is 17.1 Å². The predicted octanol–water partition coefficient (Wildman–Crippen LogP) is 2.33. The average Bonchev–Trinajstić information content (AvgIpc) is 3.11. The third kappa shape index (κ3) is 2.75. The largest absolute Gasteiger partial charge is 0.451 e. The number of fused-ring (bicyclic) bond motifs is 2. The molecule has 3 atom stereocenters. The number of aryl methyl sites for hydroxylation is 1. The predicted molar refractivity (Wildman–Crippen MR) is 87.6 cm³/mol. The van der Waals surface area contributed by atoms with Crippen molar-refractivity contribution in [2.45, 2.75) is 38.5 Å². The maximum Gasteiger partial charge on any atom is 0.287 e. The van der Waals surface area contributed by atoms with Crippen molar-refractivity contribution in [1.29, 1.82) is 0 Å². The van der Waals surface area contributed by atoms with E-state index in [0.29, 0.717) is 11.8 Å². The normalized spacial score (nSPS) is 28.0. The van der Waals surface area contributed by atoms with Crippen LogP contribution in [-0.2, 0) is 4.74 Å². The molecule has 1 N–H and O–H groups in total. The fourth-order valence-corrected chi connectivity index (χ4v) is 3.72. The summed E-state index contributed by atoms with van der Waals surface area (Å²) in [6.07, 6.45) is 1.22. The van der Waals surface area contributed by atoms with Gasteiger partial charge in [0, 0.05) is 30.6 Å². The second kappa shape index (κ2) is 5.65. The minimum absolute atomic E-state index is 0.126. The van der Waals surface area contributed by atoms with E-state index in [4.69, 9.17) is 9.15 Å². The number of carbonyl (C=O) groups excluding carboxylic acids is 1. The molecule has 1 aromatic carbocycles. The number of hydrogen-bond donors (Lipinski definition) is 1. The van der Waals surface area contributed by atoms with Gasteiger partial charge in [0.1, 0.15) is 5.58 Å². The maximum atomic E-state index is 12.5. The summed E-state index contributed by atoms with van der Waals surface area (Å²) >= 11 is 0. The first kappa shape index (κ1) is 14.7. The Bertz CT molecular complexity index is 739. The number of hydrogen-bond acceptors (Lipinski definition) is 4. The van der Waals surface area contributed by atoms with Crippen LogP contribution in [0, 0.1) is 6.92 Å². The lowest BCUT2D eigenvalue weighted by Crippen LogP contribution is -2.45. The van der Waals surface area contributed by atoms with E-state index in [1.165, 1.54) is 0 Å². The van der Waals surface area contributed by atoms with Crippen molar-refractivity contribution in [3.8, 4) is 0 Å². The summed E-state index contributed by atoms with van der Waals surface area (Å²) in [6.45, 7) is 6.68. The maximum absolute atomic E-state index is 12.5. The first-order chi connectivity index (χ1) is 11.1. The number of nitrogens with one attached hydrogen (secondary N) is 1. The van der Waals surface area contributed by atoms with Gasteiger partial charge in [0.25, 0.3) is 5.91 Å². The Kier molecular flexibility index (Phi) is 3.62. The number of nitrogens with zero attached hydrogens (tertiary/aromatic N) is 1. The first-order valence-corrected chi connectivity index (χ1v) is 8.26. The molecule has 0 aliphatic carbocycles. The Morgan fingerprint density at radius 3 is 3.04 bits per heavy atom. The fraction of sp³-hybridized carbons (Fsp3) is 0.500. The van der Waals surface area contributed by atoms with Gasteiger partial charge in [-0.1, -0.05) is 18.2 Å². The van der Waals surface area contributed by atoms with Gasteiger partial charge < -0.3 is 14.5 Å². The molecule has 2 fully saturated rings. The summed E-state index contributed by atoms with van der Waals surface area (Å²) in [4.78, 5) is 14.9. The van der Waals surface area contributed by atoms with Crippen LogP contribution in [0.2, 0.25) is 0 Å². The smallest absolute Gasteiger partial charge is 0.287 e. The molecule has 5 nitrogen and oxygen atoms in total. The first-order valence-electron chi connectivity index (χ1n) is 8.26. The lowest BCUT2D eigenvalue weighted by molar-refractivity contribution is -0.0390. The van der Waals surface area contributed by atoms with Gasteiger partial charge in [-0.2, -0.15) is 0 Å². The van der Waals surface area contributed by atoms with Crippen LogP contribution in [0.25, 0.3) is 11.0 Å². The Labute approximate surface area is 135 Å². The summed E-state index contributed by atoms with van der Waals surface area (Å²) in [7, 11) is 0. The molecule has 1 aromatic heterocycles. The molecule has 0 spiro atoms. The standard InChI is InChI=1S/C18H22N2O3/c1-11-4-3-5-13-6-16(23-17(11)13)18(21)19-14-7-15-10-22-12(2)8-20(15)9-14/h3-6,12,14-15H,7-10H2,1-2H3,(H,19,21)/t12-,14+,15+/m1/s1. The molecule has 2 aliphatic rings. The molecule has 4 rings (SSSR count). The van der Waals surface area contributed by atoms with Gasteiger partial charge >= 0.3 is 0 Å². The summed E-state index contributed by atoms with van der Waals surface area (Å²) in [5.41, 5.74) is 1.84. The van der Waals surface area contributed by atoms with Gasteiger partial charge in [0.2, 0.25) is 0 Å². The Hall–Kier alpha value is -1.85. The van der Waals surface area contributed by atoms with E-state index in [-0.39, 0.29) is 18.1 Å². The SMILES string of the molecule is Cc1cccc2cc(C(=O)N[C@H]3C[C@H]4CO[C@H](C)CN4C3)oc12. The van der Waals surface area contributed by atoms with Gasteiger partial charge in [-0.15, -0.1) is 0 Å². The van der Waals surface area contributed by atoms with Crippen LogP contribution >= 0.6 is 0 Å². The Morgan fingerprint density at radius 1 is 1.35 bits per heavy atom. The zero-order valence-electron chi connectivity index (χ0n) is 13.5. The quantitative estimate of drug-likeness (QED) is 0.924. The van der Waals surface area contributed by atoms with Crippen molar-refractivity contribution < 1.29 is 13.9 Å². The molecule has 2 saturated heterocycles. The molecule has 0 radical (unpaired) electrons. The molecule has 5 heteroatoms. The monoisotopic (exact) mass is 314 g/mol. The minimum atomic E-state index is -0.126. The molecule has 2 aromatic rings. The highest BCUT2D eigenvalue weighted by atomic mass is 16.5. The Balaban J connectivity index is 1.46. The molecular weight excluding hydrogens is 292 g/mol. The van der Waals surface area contributed by atoms with Crippen molar-refractivity contribution in [2.24, 2.45) is 0 Å². The molecule has 122 valence electrons. The number of amides is 1. The van der Waals surface area contributed by atoms with E-state index in [1.54, 1.807) is 0 Å². The number of para-hydroxylation sites is 1. The molecule has 23 heavy (non-hydrogen) atoms. The lowest BCUT2D eigenvalue weighted by atomic mass is 10.1. The summed E-state index contributed by atoms with van der Waals surface area (Å²) < 4.78 is 11.5. The van der Waals surface area contributed by atoms with Gasteiger partial charge in [-0.05, 0) is 31.9 Å². The van der Waals surface area contributed by atoms with Crippen LogP contribution < -0.4 is 5.32 Å². The third-order valence-corrected chi connectivity index (χ3v) is 4.89. The van der Waals surface area contributed by atoms with Crippen molar-refractivity contribution in [3.05, 3.63) is 35.6 Å². The fourth-order valence-electron chi connectivity index (χ4n) is 3.72. The van der Waals surface area contributed by atoms with E-state index >= 15 is 0 Å². The zero-order chi connectivity index (χ0) is 16.0. The molecule has 3 heterocycles. The number of benzene rings is 1. The number of furan rings is 1. The molecule has 0 saturated carbocycles. The Morgan fingerprint density at radius 2 is 2.22 bits per heavy atom. The highest BCUT2D eigenvalue weighted by Gasteiger charge is 2.37. The molecule has 1 amide bonds. The number of rotatable bonds is 2. The van der Waals surface area contributed by atoms with Gasteiger partial charge in [-0.25, -0.2) is 0 Å². The topological polar surface area (TPSA) is 54.7 Å². The molecule has 2 aliphatic heterocycles. The molecule has 0 bridgehead atoms. The van der Waals surface area contributed by atoms with Crippen LogP contribution in [0.4, 0.5) is 0 Å². The van der Waals surface area contributed by atoms with Crippen LogP contribution in [0.15, 0.2) is 28.7 Å². The van der Waals surface area contributed by atoms with Gasteiger partial charge in [-0.3, -0.25) is 9.69 Å². The number of carbonyl (C=O) groups is 1. The van der Waals surface area contributed by atoms with E-state index in [0.717, 1.165) is 42.6 Å². The zero-order valence-corrected chi connectivity index (χ0v) is 13.5. The van der Waals surface area contributed by atoms with Crippen molar-refractivity contribution in [3.63, 3.8) is 0 Å². The highest BCUT2D eigenvalue weighted by Crippen LogP contribution is 2.25. The lowest BCUT2D eigenvalue weighted by Gasteiger charge is -2.33. The van der Waals surface area contributed by atoms with Gasteiger partial charge in [0.15, 0.2) is 5.76 Å². The number of ether oxygens (including phenoxy) is 1. The second-order valence-corrected chi connectivity index (χ2v) is 6.76. The van der Waals surface area contributed by atoms with E-state index < -0.39 is 0 Å². The van der Waals surface area contributed by atoms with E-state index in [9.17, 15) is 4.79 Å². The van der Waals surface area contributed by atoms with Crippen LogP contribution in [0.1, 0.15) is 29.5 Å². The number of morpholine rings is 1. The van der Waals surface area contributed by atoms with Crippen molar-refractivity contribution >= 4 is 16.9 Å². The van der Waals surface area contributed by atoms with Crippen molar-refractivity contribution in [1.82, 2.24) is 10.2 Å². The molecular formula is C18H22N2O3. The summed E-state index contributed by atoms with van der Waals surface area (Å²) in [5, 5.41) is 4.09. The van der Waals surface area contributed by atoms with E-state index in [1.807, 2.05) is 31.2 Å². The average molecular weight is 314 g/mol.